The first kappa shape index (κ1) is 12.4. The van der Waals surface area contributed by atoms with Crippen LogP contribution in [-0.4, -0.2) is 23.7 Å². The second-order valence-corrected chi connectivity index (χ2v) is 4.91. The molecule has 2 N–H and O–H groups in total. The van der Waals surface area contributed by atoms with E-state index >= 15 is 0 Å². The fraction of sp³-hybridized carbons (Fsp3) is 0.462. The maximum atomic E-state index is 11.2. The largest absolute Gasteiger partial charge is 0.481 e. The van der Waals surface area contributed by atoms with Crippen molar-refractivity contribution in [3.8, 4) is 0 Å². The summed E-state index contributed by atoms with van der Waals surface area (Å²) < 4.78 is 0. The number of carbonyl (C=O) groups is 1. The molecule has 0 bridgehead atoms. The normalized spacial score (nSPS) is 17.5. The molecule has 0 heterocycles. The van der Waals surface area contributed by atoms with E-state index in [-0.39, 0.29) is 0 Å². The molecular formula is C13H16ClNO2. The van der Waals surface area contributed by atoms with Gasteiger partial charge in [0, 0.05) is 17.6 Å². The average molecular weight is 254 g/mol. The molecule has 1 unspecified atom stereocenters. The number of rotatable bonds is 5. The van der Waals surface area contributed by atoms with Crippen molar-refractivity contribution in [3.63, 3.8) is 0 Å². The predicted molar refractivity (Wildman–Crippen MR) is 67.5 cm³/mol. The summed E-state index contributed by atoms with van der Waals surface area (Å²) in [5.41, 5.74) is 0.800. The highest BCUT2D eigenvalue weighted by molar-refractivity contribution is 6.30. The van der Waals surface area contributed by atoms with Crippen molar-refractivity contribution in [2.75, 3.05) is 6.54 Å². The predicted octanol–water partition coefficient (Wildman–Crippen LogP) is 2.65. The van der Waals surface area contributed by atoms with Crippen LogP contribution in [-0.2, 0) is 4.79 Å². The lowest BCUT2D eigenvalue weighted by molar-refractivity contribution is -0.138. The Morgan fingerprint density at radius 2 is 2.06 bits per heavy atom. The van der Waals surface area contributed by atoms with E-state index in [0.717, 1.165) is 18.4 Å². The van der Waals surface area contributed by atoms with Crippen LogP contribution in [0.2, 0.25) is 5.02 Å². The minimum atomic E-state index is -0.792. The van der Waals surface area contributed by atoms with Crippen LogP contribution in [0.15, 0.2) is 24.3 Å². The summed E-state index contributed by atoms with van der Waals surface area (Å²) in [4.78, 5) is 11.2. The molecule has 1 fully saturated rings. The zero-order chi connectivity index (χ0) is 12.3. The van der Waals surface area contributed by atoms with Crippen molar-refractivity contribution in [3.05, 3.63) is 34.9 Å². The highest BCUT2D eigenvalue weighted by atomic mass is 35.5. The Balaban J connectivity index is 2.00. The second kappa shape index (κ2) is 5.52. The standard InChI is InChI=1S/C13H16ClNO2/c14-10-6-4-9(5-7-10)12(13(16)17)8-15-11-2-1-3-11/h4-7,11-12,15H,1-3,8H2,(H,16,17). The fourth-order valence-corrected chi connectivity index (χ4v) is 2.07. The van der Waals surface area contributed by atoms with Crippen LogP contribution in [0.4, 0.5) is 0 Å². The van der Waals surface area contributed by atoms with Gasteiger partial charge in [0.1, 0.15) is 0 Å². The maximum Gasteiger partial charge on any atom is 0.312 e. The van der Waals surface area contributed by atoms with Crippen LogP contribution >= 0.6 is 11.6 Å². The van der Waals surface area contributed by atoms with E-state index in [2.05, 4.69) is 5.32 Å². The first-order valence-corrected chi connectivity index (χ1v) is 6.26. The van der Waals surface area contributed by atoms with Gasteiger partial charge in [-0.3, -0.25) is 4.79 Å². The van der Waals surface area contributed by atoms with Crippen molar-refractivity contribution in [2.24, 2.45) is 0 Å². The van der Waals surface area contributed by atoms with Gasteiger partial charge in [-0.25, -0.2) is 0 Å². The first-order chi connectivity index (χ1) is 8.16. The summed E-state index contributed by atoms with van der Waals surface area (Å²) in [5.74, 6) is -1.29. The molecule has 0 amide bonds. The Hall–Kier alpha value is -1.06. The lowest BCUT2D eigenvalue weighted by Crippen LogP contribution is -2.39. The van der Waals surface area contributed by atoms with Gasteiger partial charge in [-0.15, -0.1) is 0 Å². The third-order valence-corrected chi connectivity index (χ3v) is 3.54. The monoisotopic (exact) mass is 253 g/mol. The molecule has 1 aromatic rings. The molecule has 1 aliphatic rings. The van der Waals surface area contributed by atoms with E-state index in [4.69, 9.17) is 11.6 Å². The fourth-order valence-electron chi connectivity index (χ4n) is 1.94. The number of carboxylic acid groups (broad SMARTS) is 1. The molecule has 1 aliphatic carbocycles. The van der Waals surface area contributed by atoms with Gasteiger partial charge in [0.15, 0.2) is 0 Å². The average Bonchev–Trinajstić information content (AvgIpc) is 2.23. The molecule has 0 spiro atoms. The highest BCUT2D eigenvalue weighted by Gasteiger charge is 2.23. The molecule has 2 rings (SSSR count). The molecular weight excluding hydrogens is 238 g/mol. The van der Waals surface area contributed by atoms with Crippen LogP contribution in [0.1, 0.15) is 30.7 Å². The van der Waals surface area contributed by atoms with Gasteiger partial charge in [0.25, 0.3) is 0 Å². The van der Waals surface area contributed by atoms with Gasteiger partial charge < -0.3 is 10.4 Å². The van der Waals surface area contributed by atoms with Crippen LogP contribution in [0.3, 0.4) is 0 Å². The van der Waals surface area contributed by atoms with Gasteiger partial charge in [-0.05, 0) is 30.5 Å². The SMILES string of the molecule is O=C(O)C(CNC1CCC1)c1ccc(Cl)cc1. The highest BCUT2D eigenvalue weighted by Crippen LogP contribution is 2.21. The van der Waals surface area contributed by atoms with Crippen molar-refractivity contribution in [1.29, 1.82) is 0 Å². The lowest BCUT2D eigenvalue weighted by Gasteiger charge is -2.28. The maximum absolute atomic E-state index is 11.2. The van der Waals surface area contributed by atoms with E-state index in [1.54, 1.807) is 24.3 Å². The van der Waals surface area contributed by atoms with Gasteiger partial charge in [0.2, 0.25) is 0 Å². The summed E-state index contributed by atoms with van der Waals surface area (Å²) in [6, 6.07) is 7.53. The third-order valence-electron chi connectivity index (χ3n) is 3.29. The van der Waals surface area contributed by atoms with E-state index < -0.39 is 11.9 Å². The minimum Gasteiger partial charge on any atom is -0.481 e. The smallest absolute Gasteiger partial charge is 0.312 e. The minimum absolute atomic E-state index is 0.488. The first-order valence-electron chi connectivity index (χ1n) is 5.88. The Morgan fingerprint density at radius 3 is 2.53 bits per heavy atom. The van der Waals surface area contributed by atoms with Crippen molar-refractivity contribution in [2.45, 2.75) is 31.2 Å². The van der Waals surface area contributed by atoms with Crippen LogP contribution in [0, 0.1) is 0 Å². The Bertz CT molecular complexity index is 387. The summed E-state index contributed by atoms with van der Waals surface area (Å²) in [7, 11) is 0. The van der Waals surface area contributed by atoms with Crippen molar-refractivity contribution >= 4 is 17.6 Å². The quantitative estimate of drug-likeness (QED) is 0.848. The molecule has 1 atom stereocenters. The number of hydrogen-bond donors (Lipinski definition) is 2. The third kappa shape index (κ3) is 3.20. The van der Waals surface area contributed by atoms with E-state index in [1.807, 2.05) is 0 Å². The Morgan fingerprint density at radius 1 is 1.41 bits per heavy atom. The van der Waals surface area contributed by atoms with E-state index in [9.17, 15) is 9.90 Å². The zero-order valence-electron chi connectivity index (χ0n) is 9.53. The molecule has 0 saturated heterocycles. The number of halogens is 1. The number of aliphatic carboxylic acids is 1. The van der Waals surface area contributed by atoms with Crippen LogP contribution in [0.25, 0.3) is 0 Å². The molecule has 92 valence electrons. The molecule has 1 saturated carbocycles. The number of hydrogen-bond acceptors (Lipinski definition) is 2. The lowest BCUT2D eigenvalue weighted by atomic mass is 9.91. The molecule has 3 nitrogen and oxygen atoms in total. The van der Waals surface area contributed by atoms with E-state index in [1.165, 1.54) is 6.42 Å². The zero-order valence-corrected chi connectivity index (χ0v) is 10.3. The Labute approximate surface area is 106 Å². The van der Waals surface area contributed by atoms with E-state index in [0.29, 0.717) is 17.6 Å². The molecule has 17 heavy (non-hydrogen) atoms. The number of benzene rings is 1. The molecule has 0 aliphatic heterocycles. The van der Waals surface area contributed by atoms with Gasteiger partial charge in [-0.2, -0.15) is 0 Å². The summed E-state index contributed by atoms with van der Waals surface area (Å²) in [6.45, 7) is 0.488. The molecule has 0 radical (unpaired) electrons. The number of nitrogens with one attached hydrogen (secondary N) is 1. The summed E-state index contributed by atoms with van der Waals surface area (Å²) >= 11 is 5.79. The van der Waals surface area contributed by atoms with Crippen LogP contribution < -0.4 is 5.32 Å². The van der Waals surface area contributed by atoms with Gasteiger partial charge >= 0.3 is 5.97 Å². The second-order valence-electron chi connectivity index (χ2n) is 4.48. The topological polar surface area (TPSA) is 49.3 Å². The van der Waals surface area contributed by atoms with Crippen molar-refractivity contribution in [1.82, 2.24) is 5.32 Å². The Kier molecular flexibility index (Phi) is 4.02. The van der Waals surface area contributed by atoms with Gasteiger partial charge in [0.05, 0.1) is 5.92 Å². The van der Waals surface area contributed by atoms with Crippen molar-refractivity contribution < 1.29 is 9.90 Å². The molecule has 4 heteroatoms. The van der Waals surface area contributed by atoms with Gasteiger partial charge in [-0.1, -0.05) is 30.2 Å². The summed E-state index contributed by atoms with van der Waals surface area (Å²) in [5, 5.41) is 13.2. The molecule has 1 aromatic carbocycles. The van der Waals surface area contributed by atoms with Crippen LogP contribution in [0.5, 0.6) is 0 Å². The summed E-state index contributed by atoms with van der Waals surface area (Å²) in [6.07, 6.45) is 3.57. The number of carboxylic acids is 1. The molecule has 0 aromatic heterocycles.